The highest BCUT2D eigenvalue weighted by Crippen LogP contribution is 2.22. The van der Waals surface area contributed by atoms with Gasteiger partial charge in [-0.05, 0) is 29.8 Å². The van der Waals surface area contributed by atoms with Crippen LogP contribution in [0.3, 0.4) is 0 Å². The van der Waals surface area contributed by atoms with E-state index in [9.17, 15) is 13.9 Å². The van der Waals surface area contributed by atoms with Crippen LogP contribution in [0.4, 0.5) is 8.78 Å². The van der Waals surface area contributed by atoms with Gasteiger partial charge in [-0.3, -0.25) is 0 Å². The number of hydrogen-bond donors (Lipinski definition) is 1. The van der Waals surface area contributed by atoms with Crippen LogP contribution in [-0.4, -0.2) is 11.7 Å². The van der Waals surface area contributed by atoms with Gasteiger partial charge >= 0.3 is 0 Å². The zero-order valence-electron chi connectivity index (χ0n) is 10.4. The second-order valence-electron chi connectivity index (χ2n) is 4.10. The molecule has 0 aromatic heterocycles. The molecule has 0 fully saturated rings. The highest BCUT2D eigenvalue weighted by molar-refractivity contribution is 5.43. The van der Waals surface area contributed by atoms with Gasteiger partial charge in [0.15, 0.2) is 0 Å². The summed E-state index contributed by atoms with van der Waals surface area (Å²) in [5.41, 5.74) is 0.264. The van der Waals surface area contributed by atoms with Crippen LogP contribution in [0.2, 0.25) is 0 Å². The van der Waals surface area contributed by atoms with E-state index in [1.807, 2.05) is 0 Å². The molecular formula is C15H11F2NO2. The number of nitrogens with zero attached hydrogens (tertiary/aromatic N) is 1. The number of hydrogen-bond acceptors (Lipinski definition) is 3. The van der Waals surface area contributed by atoms with Crippen LogP contribution in [0.1, 0.15) is 17.2 Å². The minimum absolute atomic E-state index is 0.0636. The number of ether oxygens (including phenoxy) is 1. The second-order valence-corrected chi connectivity index (χ2v) is 4.10. The van der Waals surface area contributed by atoms with Crippen LogP contribution in [0.15, 0.2) is 42.5 Å². The molecule has 0 saturated carbocycles. The summed E-state index contributed by atoms with van der Waals surface area (Å²) in [4.78, 5) is 0. The number of aliphatic hydroxyl groups is 1. The summed E-state index contributed by atoms with van der Waals surface area (Å²) in [6, 6.07) is 11.0. The van der Waals surface area contributed by atoms with Crippen LogP contribution in [0.25, 0.3) is 0 Å². The van der Waals surface area contributed by atoms with Crippen molar-refractivity contribution in [1.82, 2.24) is 0 Å². The lowest BCUT2D eigenvalue weighted by atomic mass is 10.1. The van der Waals surface area contributed by atoms with Crippen molar-refractivity contribution in [3.05, 3.63) is 65.2 Å². The summed E-state index contributed by atoms with van der Waals surface area (Å²) >= 11 is 0. The Hall–Kier alpha value is -2.45. The second kappa shape index (κ2) is 6.13. The zero-order valence-corrected chi connectivity index (χ0v) is 10.4. The fraction of sp³-hybridized carbons (Fsp3) is 0.133. The van der Waals surface area contributed by atoms with E-state index in [0.717, 1.165) is 6.07 Å². The minimum Gasteiger partial charge on any atom is -0.489 e. The van der Waals surface area contributed by atoms with Crippen molar-refractivity contribution in [2.45, 2.75) is 6.10 Å². The Balaban J connectivity index is 2.07. The molecule has 1 unspecified atom stereocenters. The fourth-order valence-corrected chi connectivity index (χ4v) is 1.68. The SMILES string of the molecule is N#Cc1c(F)cccc1OCC(O)c1ccc(F)cc1. The molecule has 0 spiro atoms. The maximum absolute atomic E-state index is 13.3. The first-order valence-corrected chi connectivity index (χ1v) is 5.86. The molecule has 0 saturated heterocycles. The number of halogens is 2. The summed E-state index contributed by atoms with van der Waals surface area (Å²) in [6.45, 7) is -0.163. The number of benzene rings is 2. The average Bonchev–Trinajstić information content (AvgIpc) is 2.45. The molecule has 2 aromatic carbocycles. The van der Waals surface area contributed by atoms with E-state index >= 15 is 0 Å². The molecule has 0 aliphatic carbocycles. The largest absolute Gasteiger partial charge is 0.489 e. The number of rotatable bonds is 4. The van der Waals surface area contributed by atoms with Crippen molar-refractivity contribution in [3.8, 4) is 11.8 Å². The summed E-state index contributed by atoms with van der Waals surface area (Å²) < 4.78 is 31.3. The van der Waals surface area contributed by atoms with Gasteiger partial charge in [-0.2, -0.15) is 5.26 Å². The number of aliphatic hydroxyl groups excluding tert-OH is 1. The summed E-state index contributed by atoms with van der Waals surface area (Å²) in [6.07, 6.45) is -0.995. The predicted octanol–water partition coefficient (Wildman–Crippen LogP) is 2.95. The Morgan fingerprint density at radius 2 is 1.85 bits per heavy atom. The molecular weight excluding hydrogens is 264 g/mol. The molecule has 1 atom stereocenters. The highest BCUT2D eigenvalue weighted by Gasteiger charge is 2.12. The standard InChI is InChI=1S/C15H11F2NO2/c16-11-6-4-10(5-7-11)14(19)9-20-15-3-1-2-13(17)12(15)8-18/h1-7,14,19H,9H2. The first-order chi connectivity index (χ1) is 9.61. The molecule has 5 heteroatoms. The van der Waals surface area contributed by atoms with Crippen LogP contribution in [-0.2, 0) is 0 Å². The van der Waals surface area contributed by atoms with Crippen molar-refractivity contribution in [2.24, 2.45) is 0 Å². The van der Waals surface area contributed by atoms with Crippen molar-refractivity contribution < 1.29 is 18.6 Å². The van der Waals surface area contributed by atoms with Gasteiger partial charge in [-0.25, -0.2) is 8.78 Å². The Bertz CT molecular complexity index is 635. The van der Waals surface area contributed by atoms with E-state index in [2.05, 4.69) is 0 Å². The highest BCUT2D eigenvalue weighted by atomic mass is 19.1. The molecule has 0 aliphatic heterocycles. The molecule has 2 rings (SSSR count). The van der Waals surface area contributed by atoms with E-state index in [-0.39, 0.29) is 17.9 Å². The maximum Gasteiger partial charge on any atom is 0.144 e. The van der Waals surface area contributed by atoms with Gasteiger partial charge < -0.3 is 9.84 Å². The van der Waals surface area contributed by atoms with Crippen LogP contribution in [0, 0.1) is 23.0 Å². The third kappa shape index (κ3) is 3.11. The van der Waals surface area contributed by atoms with Crippen LogP contribution < -0.4 is 4.74 Å². The summed E-state index contributed by atoms with van der Waals surface area (Å²) in [5, 5.41) is 18.7. The lowest BCUT2D eigenvalue weighted by Gasteiger charge is -2.13. The average molecular weight is 275 g/mol. The fourth-order valence-electron chi connectivity index (χ4n) is 1.68. The van der Waals surface area contributed by atoms with E-state index in [0.29, 0.717) is 5.56 Å². The Labute approximate surface area is 114 Å². The van der Waals surface area contributed by atoms with Crippen molar-refractivity contribution in [3.63, 3.8) is 0 Å². The van der Waals surface area contributed by atoms with Gasteiger partial charge in [-0.15, -0.1) is 0 Å². The van der Waals surface area contributed by atoms with Crippen LogP contribution in [0.5, 0.6) is 5.75 Å². The molecule has 1 N–H and O–H groups in total. The Kier molecular flexibility index (Phi) is 4.28. The van der Waals surface area contributed by atoms with Gasteiger partial charge in [-0.1, -0.05) is 18.2 Å². The van der Waals surface area contributed by atoms with Crippen LogP contribution >= 0.6 is 0 Å². The first-order valence-electron chi connectivity index (χ1n) is 5.86. The summed E-state index contributed by atoms with van der Waals surface area (Å²) in [7, 11) is 0. The minimum atomic E-state index is -0.995. The molecule has 3 nitrogen and oxygen atoms in total. The van der Waals surface area contributed by atoms with E-state index in [1.54, 1.807) is 6.07 Å². The Morgan fingerprint density at radius 3 is 2.50 bits per heavy atom. The van der Waals surface area contributed by atoms with Gasteiger partial charge in [0.2, 0.25) is 0 Å². The topological polar surface area (TPSA) is 53.2 Å². The van der Waals surface area contributed by atoms with Crippen molar-refractivity contribution >= 4 is 0 Å². The quantitative estimate of drug-likeness (QED) is 0.933. The normalized spacial score (nSPS) is 11.7. The molecule has 2 aromatic rings. The summed E-state index contributed by atoms with van der Waals surface area (Å²) in [5.74, 6) is -1.02. The molecule has 0 amide bonds. The van der Waals surface area contributed by atoms with Gasteiger partial charge in [0, 0.05) is 0 Å². The van der Waals surface area contributed by atoms with Gasteiger partial charge in [0.25, 0.3) is 0 Å². The molecule has 102 valence electrons. The maximum atomic E-state index is 13.3. The smallest absolute Gasteiger partial charge is 0.144 e. The van der Waals surface area contributed by atoms with E-state index in [1.165, 1.54) is 36.4 Å². The third-order valence-electron chi connectivity index (χ3n) is 2.74. The van der Waals surface area contributed by atoms with Crippen molar-refractivity contribution in [2.75, 3.05) is 6.61 Å². The lowest BCUT2D eigenvalue weighted by Crippen LogP contribution is -2.10. The molecule has 20 heavy (non-hydrogen) atoms. The van der Waals surface area contributed by atoms with Crippen molar-refractivity contribution in [1.29, 1.82) is 5.26 Å². The predicted molar refractivity (Wildman–Crippen MR) is 68.0 cm³/mol. The lowest BCUT2D eigenvalue weighted by molar-refractivity contribution is 0.108. The molecule has 0 heterocycles. The Morgan fingerprint density at radius 1 is 1.15 bits per heavy atom. The molecule has 0 aliphatic rings. The van der Waals surface area contributed by atoms with Gasteiger partial charge in [0.1, 0.15) is 41.7 Å². The monoisotopic (exact) mass is 275 g/mol. The number of nitriles is 1. The van der Waals surface area contributed by atoms with E-state index < -0.39 is 17.7 Å². The molecule has 0 bridgehead atoms. The third-order valence-corrected chi connectivity index (χ3v) is 2.74. The van der Waals surface area contributed by atoms with E-state index in [4.69, 9.17) is 10.00 Å². The zero-order chi connectivity index (χ0) is 14.5. The molecule has 0 radical (unpaired) electrons. The first kappa shape index (κ1) is 14.0. The van der Waals surface area contributed by atoms with Gasteiger partial charge in [0.05, 0.1) is 0 Å².